The van der Waals surface area contributed by atoms with Gasteiger partial charge in [-0.15, -0.1) is 11.8 Å². The van der Waals surface area contributed by atoms with Crippen LogP contribution in [0, 0.1) is 5.92 Å². The third-order valence-corrected chi connectivity index (χ3v) is 22.5. The Bertz CT molecular complexity index is 1890. The second-order valence-electron chi connectivity index (χ2n) is 15.3. The maximum absolute atomic E-state index is 13.4. The van der Waals surface area contributed by atoms with E-state index in [9.17, 15) is 4.79 Å². The molecule has 1 fully saturated rings. The molecule has 1 saturated heterocycles. The van der Waals surface area contributed by atoms with Gasteiger partial charge in [0.05, 0.1) is 9.85 Å². The van der Waals surface area contributed by atoms with Crippen molar-refractivity contribution in [3.8, 4) is 0 Å². The zero-order chi connectivity index (χ0) is 36.4. The standard InChI is InChI=1S/C41H48BrN3O3SSi2/c1-40(2,3)50(30-19-11-7-12-20-30,31-21-13-8-14-22-31)47-28-34-36(49-38(34)45-27-35(42)37(43)44-39(45)46)29-48-51(41(4,5)6,32-23-15-9-16-24-32)33-25-17-10-18-26-33/h7-27,34,36,38H,28-29H2,1-6H3,(H2,43,44,46)/t34-,36-,38?/m1/s1. The molecule has 1 aliphatic heterocycles. The summed E-state index contributed by atoms with van der Waals surface area (Å²) >= 11 is 5.27. The summed E-state index contributed by atoms with van der Waals surface area (Å²) in [5.74, 6) is 0.150. The van der Waals surface area contributed by atoms with Crippen molar-refractivity contribution in [3.05, 3.63) is 142 Å². The summed E-state index contributed by atoms with van der Waals surface area (Å²) in [6, 6.07) is 42.9. The van der Waals surface area contributed by atoms with Crippen molar-refractivity contribution in [2.24, 2.45) is 5.92 Å². The van der Waals surface area contributed by atoms with Gasteiger partial charge in [0.15, 0.2) is 0 Å². The number of halogens is 1. The number of nitrogens with two attached hydrogens (primary N) is 1. The second kappa shape index (κ2) is 15.0. The highest BCUT2D eigenvalue weighted by Crippen LogP contribution is 2.52. The molecule has 0 radical (unpaired) electrons. The first-order chi connectivity index (χ1) is 24.3. The number of anilines is 1. The van der Waals surface area contributed by atoms with Crippen LogP contribution in [-0.2, 0) is 8.85 Å². The highest BCUT2D eigenvalue weighted by molar-refractivity contribution is 9.10. The van der Waals surface area contributed by atoms with Gasteiger partial charge >= 0.3 is 5.69 Å². The van der Waals surface area contributed by atoms with Crippen LogP contribution in [0.15, 0.2) is 137 Å². The molecule has 10 heteroatoms. The van der Waals surface area contributed by atoms with Gasteiger partial charge in [-0.1, -0.05) is 163 Å². The highest BCUT2D eigenvalue weighted by atomic mass is 79.9. The molecule has 1 aliphatic rings. The smallest absolute Gasteiger partial charge is 0.350 e. The Labute approximate surface area is 317 Å². The predicted octanol–water partition coefficient (Wildman–Crippen LogP) is 6.97. The Balaban J connectivity index is 1.42. The maximum Gasteiger partial charge on any atom is 0.350 e. The first kappa shape index (κ1) is 37.5. The number of thioether (sulfide) groups is 1. The monoisotopic (exact) mass is 797 g/mol. The Morgan fingerprint density at radius 2 is 1.06 bits per heavy atom. The normalized spacial score (nSPS) is 18.3. The van der Waals surface area contributed by atoms with E-state index >= 15 is 0 Å². The van der Waals surface area contributed by atoms with Gasteiger partial charge in [0.25, 0.3) is 16.6 Å². The van der Waals surface area contributed by atoms with Gasteiger partial charge in [-0.05, 0) is 46.8 Å². The average molecular weight is 799 g/mol. The third kappa shape index (κ3) is 7.11. The molecule has 0 saturated carbocycles. The summed E-state index contributed by atoms with van der Waals surface area (Å²) < 4.78 is 17.3. The van der Waals surface area contributed by atoms with Crippen LogP contribution in [0.4, 0.5) is 5.82 Å². The quantitative estimate of drug-likeness (QED) is 0.146. The topological polar surface area (TPSA) is 79.4 Å². The van der Waals surface area contributed by atoms with Crippen molar-refractivity contribution in [1.82, 2.24) is 9.55 Å². The average Bonchev–Trinajstić information content (AvgIpc) is 3.10. The van der Waals surface area contributed by atoms with Crippen LogP contribution in [0.1, 0.15) is 46.9 Å². The molecule has 1 unspecified atom stereocenters. The molecule has 266 valence electrons. The fourth-order valence-corrected chi connectivity index (χ4v) is 18.7. The van der Waals surface area contributed by atoms with Crippen molar-refractivity contribution in [1.29, 1.82) is 0 Å². The maximum atomic E-state index is 13.4. The SMILES string of the molecule is CC(C)(C)[Si](OC[C@H]1SC(n2cc(Br)c(N)nc2=O)[C@@H]1CO[Si](c1ccccc1)(c1ccccc1)C(C)(C)C)(c1ccccc1)c1ccccc1. The van der Waals surface area contributed by atoms with Crippen LogP contribution >= 0.6 is 27.7 Å². The summed E-state index contributed by atoms with van der Waals surface area (Å²) in [4.78, 5) is 17.5. The van der Waals surface area contributed by atoms with Crippen LogP contribution in [0.2, 0.25) is 10.1 Å². The lowest BCUT2D eigenvalue weighted by Gasteiger charge is -2.50. The molecule has 4 aromatic carbocycles. The van der Waals surface area contributed by atoms with Crippen LogP contribution in [0.25, 0.3) is 0 Å². The van der Waals surface area contributed by atoms with Crippen molar-refractivity contribution >= 4 is 70.9 Å². The fourth-order valence-electron chi connectivity index (χ4n) is 7.69. The zero-order valence-corrected chi connectivity index (χ0v) is 34.7. The minimum absolute atomic E-state index is 0.0371. The van der Waals surface area contributed by atoms with Gasteiger partial charge < -0.3 is 14.6 Å². The Morgan fingerprint density at radius 3 is 1.43 bits per heavy atom. The molecule has 3 atom stereocenters. The van der Waals surface area contributed by atoms with E-state index in [4.69, 9.17) is 14.6 Å². The Hall–Kier alpha value is -3.26. The molecule has 0 spiro atoms. The van der Waals surface area contributed by atoms with Crippen molar-refractivity contribution in [3.63, 3.8) is 0 Å². The van der Waals surface area contributed by atoms with Gasteiger partial charge in [0, 0.05) is 30.6 Å². The molecule has 51 heavy (non-hydrogen) atoms. The number of hydrogen-bond acceptors (Lipinski definition) is 6. The molecule has 2 N–H and O–H groups in total. The summed E-state index contributed by atoms with van der Waals surface area (Å²) in [7, 11) is -5.65. The predicted molar refractivity (Wildman–Crippen MR) is 222 cm³/mol. The largest absolute Gasteiger partial charge is 0.407 e. The summed E-state index contributed by atoms with van der Waals surface area (Å²) in [6.45, 7) is 14.8. The molecule has 6 nitrogen and oxygen atoms in total. The minimum Gasteiger partial charge on any atom is -0.407 e. The summed E-state index contributed by atoms with van der Waals surface area (Å²) in [5.41, 5.74) is 5.67. The minimum atomic E-state index is -2.86. The first-order valence-electron chi connectivity index (χ1n) is 17.5. The number of rotatable bonds is 11. The van der Waals surface area contributed by atoms with Crippen molar-refractivity contribution in [2.45, 2.75) is 62.2 Å². The highest BCUT2D eigenvalue weighted by Gasteiger charge is 2.55. The van der Waals surface area contributed by atoms with Gasteiger partial charge in [-0.25, -0.2) is 4.79 Å². The molecular formula is C41H48BrN3O3SSi2. The van der Waals surface area contributed by atoms with E-state index < -0.39 is 16.6 Å². The number of hydrogen-bond donors (Lipinski definition) is 1. The van der Waals surface area contributed by atoms with E-state index in [1.165, 1.54) is 20.7 Å². The first-order valence-corrected chi connectivity index (χ1v) is 23.0. The summed E-state index contributed by atoms with van der Waals surface area (Å²) in [5, 5.41) is 4.45. The van der Waals surface area contributed by atoms with Crippen molar-refractivity contribution < 1.29 is 8.85 Å². The van der Waals surface area contributed by atoms with Gasteiger partial charge in [0.2, 0.25) is 0 Å². The molecule has 0 bridgehead atoms. The Kier molecular flexibility index (Phi) is 11.0. The third-order valence-electron chi connectivity index (χ3n) is 10.2. The van der Waals surface area contributed by atoms with Crippen molar-refractivity contribution in [2.75, 3.05) is 18.9 Å². The number of nitrogen functional groups attached to an aromatic ring is 1. The summed E-state index contributed by atoms with van der Waals surface area (Å²) in [6.07, 6.45) is 1.78. The number of nitrogens with zero attached hydrogens (tertiary/aromatic N) is 2. The number of benzene rings is 4. The lowest BCUT2D eigenvalue weighted by Crippen LogP contribution is -2.68. The lowest BCUT2D eigenvalue weighted by molar-refractivity contribution is 0.165. The second-order valence-corrected chi connectivity index (χ2v) is 26.2. The van der Waals surface area contributed by atoms with Crippen LogP contribution in [-0.4, -0.2) is 44.6 Å². The molecule has 2 heterocycles. The van der Waals surface area contributed by atoms with Gasteiger partial charge in [0.1, 0.15) is 5.82 Å². The zero-order valence-electron chi connectivity index (χ0n) is 30.3. The van der Waals surface area contributed by atoms with E-state index in [0.717, 1.165) is 0 Å². The van der Waals surface area contributed by atoms with E-state index in [1.807, 2.05) is 0 Å². The number of aromatic nitrogens is 2. The van der Waals surface area contributed by atoms with Crippen LogP contribution in [0.3, 0.4) is 0 Å². The molecule has 5 aromatic rings. The molecular weight excluding hydrogens is 751 g/mol. The van der Waals surface area contributed by atoms with Gasteiger partial charge in [-0.2, -0.15) is 4.98 Å². The van der Waals surface area contributed by atoms with E-state index in [-0.39, 0.29) is 38.1 Å². The van der Waals surface area contributed by atoms with E-state index in [0.29, 0.717) is 17.7 Å². The molecule has 6 rings (SSSR count). The molecule has 0 aliphatic carbocycles. The molecule has 1 aromatic heterocycles. The van der Waals surface area contributed by atoms with Gasteiger partial charge in [-0.3, -0.25) is 4.57 Å². The molecule has 0 amide bonds. The van der Waals surface area contributed by atoms with Crippen LogP contribution in [0.5, 0.6) is 0 Å². The fraction of sp³-hybridized carbons (Fsp3) is 0.317. The van der Waals surface area contributed by atoms with E-state index in [1.54, 1.807) is 22.5 Å². The Morgan fingerprint density at radius 1 is 0.686 bits per heavy atom. The lowest BCUT2D eigenvalue weighted by atomic mass is 10.0. The van der Waals surface area contributed by atoms with E-state index in [2.05, 4.69) is 184 Å². The van der Waals surface area contributed by atoms with Crippen LogP contribution < -0.4 is 32.2 Å².